The Balaban J connectivity index is 1.70. The number of piperidine rings is 2. The molecular weight excluding hydrogens is 300 g/mol. The average Bonchev–Trinajstić information content (AvgIpc) is 2.55. The lowest BCUT2D eigenvalue weighted by Gasteiger charge is -2.55. The van der Waals surface area contributed by atoms with Gasteiger partial charge in [0.15, 0.2) is 6.61 Å². The van der Waals surface area contributed by atoms with Crippen LogP contribution in [0.5, 0.6) is 5.75 Å². The molecule has 2 aliphatic rings. The number of fused-ring (bicyclic) bond motifs is 1. The number of hydrogen-bond acceptors (Lipinski definition) is 3. The van der Waals surface area contributed by atoms with Gasteiger partial charge in [-0.25, -0.2) is 0 Å². The SMILES string of the molecule is Cc1cccc(C)c1OCC(=O)N1CCC[C@@]2(C)[C@@H]1CCCN2C. The Morgan fingerprint density at radius 3 is 2.67 bits per heavy atom. The monoisotopic (exact) mass is 330 g/mol. The number of para-hydroxylation sites is 1. The average molecular weight is 330 g/mol. The zero-order valence-electron chi connectivity index (χ0n) is 15.5. The molecule has 2 heterocycles. The second-order valence-corrected chi connectivity index (χ2v) is 7.64. The van der Waals surface area contributed by atoms with Crippen LogP contribution in [0.25, 0.3) is 0 Å². The summed E-state index contributed by atoms with van der Waals surface area (Å²) in [5, 5.41) is 0. The smallest absolute Gasteiger partial charge is 0.260 e. The Labute approximate surface area is 145 Å². The predicted molar refractivity (Wildman–Crippen MR) is 96.4 cm³/mol. The summed E-state index contributed by atoms with van der Waals surface area (Å²) < 4.78 is 5.92. The van der Waals surface area contributed by atoms with Crippen LogP contribution in [-0.4, -0.2) is 54.0 Å². The van der Waals surface area contributed by atoms with E-state index in [1.807, 2.05) is 32.0 Å². The van der Waals surface area contributed by atoms with Crippen molar-refractivity contribution in [3.05, 3.63) is 29.3 Å². The lowest BCUT2D eigenvalue weighted by Crippen LogP contribution is -2.66. The van der Waals surface area contributed by atoms with E-state index in [1.54, 1.807) is 0 Å². The largest absolute Gasteiger partial charge is 0.483 e. The molecule has 4 nitrogen and oxygen atoms in total. The zero-order valence-corrected chi connectivity index (χ0v) is 15.5. The van der Waals surface area contributed by atoms with Crippen LogP contribution in [0.2, 0.25) is 0 Å². The van der Waals surface area contributed by atoms with Crippen molar-refractivity contribution in [2.45, 2.75) is 58.0 Å². The summed E-state index contributed by atoms with van der Waals surface area (Å²) in [6.07, 6.45) is 4.52. The molecule has 0 aromatic heterocycles. The molecule has 0 spiro atoms. The maximum atomic E-state index is 12.9. The predicted octanol–water partition coefficient (Wildman–Crippen LogP) is 3.16. The van der Waals surface area contributed by atoms with Crippen LogP contribution >= 0.6 is 0 Å². The van der Waals surface area contributed by atoms with Gasteiger partial charge in [0.1, 0.15) is 5.75 Å². The number of benzene rings is 1. The molecule has 24 heavy (non-hydrogen) atoms. The molecule has 2 aliphatic heterocycles. The van der Waals surface area contributed by atoms with Crippen LogP contribution in [-0.2, 0) is 4.79 Å². The molecule has 132 valence electrons. The van der Waals surface area contributed by atoms with Crippen molar-refractivity contribution in [1.82, 2.24) is 9.80 Å². The van der Waals surface area contributed by atoms with E-state index in [4.69, 9.17) is 4.74 Å². The Morgan fingerprint density at radius 1 is 1.25 bits per heavy atom. The molecule has 0 radical (unpaired) electrons. The summed E-state index contributed by atoms with van der Waals surface area (Å²) in [6, 6.07) is 6.40. The quantitative estimate of drug-likeness (QED) is 0.853. The molecule has 3 rings (SSSR count). The van der Waals surface area contributed by atoms with E-state index in [-0.39, 0.29) is 18.1 Å². The first kappa shape index (κ1) is 17.3. The van der Waals surface area contributed by atoms with Gasteiger partial charge in [0, 0.05) is 18.1 Å². The highest BCUT2D eigenvalue weighted by Crippen LogP contribution is 2.38. The molecule has 0 saturated carbocycles. The third kappa shape index (κ3) is 3.04. The Morgan fingerprint density at radius 2 is 1.96 bits per heavy atom. The normalized spacial score (nSPS) is 27.7. The molecule has 0 unspecified atom stereocenters. The lowest BCUT2D eigenvalue weighted by molar-refractivity contribution is -0.145. The van der Waals surface area contributed by atoms with Gasteiger partial charge >= 0.3 is 0 Å². The molecule has 1 amide bonds. The van der Waals surface area contributed by atoms with Crippen molar-refractivity contribution in [2.24, 2.45) is 0 Å². The second-order valence-electron chi connectivity index (χ2n) is 7.64. The van der Waals surface area contributed by atoms with Crippen molar-refractivity contribution >= 4 is 5.91 Å². The Kier molecular flexibility index (Phi) is 4.86. The van der Waals surface area contributed by atoms with Gasteiger partial charge in [0.25, 0.3) is 5.91 Å². The van der Waals surface area contributed by atoms with E-state index >= 15 is 0 Å². The number of nitrogens with zero attached hydrogens (tertiary/aromatic N) is 2. The molecular formula is C20H30N2O2. The molecule has 4 heteroatoms. The third-order valence-corrected chi connectivity index (χ3v) is 6.09. The molecule has 0 bridgehead atoms. The minimum atomic E-state index is 0.116. The number of carbonyl (C=O) groups is 1. The summed E-state index contributed by atoms with van der Waals surface area (Å²) >= 11 is 0. The van der Waals surface area contributed by atoms with Crippen molar-refractivity contribution < 1.29 is 9.53 Å². The summed E-state index contributed by atoms with van der Waals surface area (Å²) in [4.78, 5) is 17.4. The van der Waals surface area contributed by atoms with E-state index in [1.165, 1.54) is 6.42 Å². The van der Waals surface area contributed by atoms with Crippen LogP contribution in [0.15, 0.2) is 18.2 Å². The first-order chi connectivity index (χ1) is 11.4. The van der Waals surface area contributed by atoms with E-state index in [2.05, 4.69) is 23.8 Å². The Hall–Kier alpha value is -1.55. The van der Waals surface area contributed by atoms with Crippen LogP contribution < -0.4 is 4.74 Å². The maximum absolute atomic E-state index is 12.9. The van der Waals surface area contributed by atoms with Gasteiger partial charge in [-0.1, -0.05) is 18.2 Å². The van der Waals surface area contributed by atoms with Gasteiger partial charge in [-0.3, -0.25) is 9.69 Å². The number of likely N-dealkylation sites (N-methyl/N-ethyl adjacent to an activating group) is 1. The van der Waals surface area contributed by atoms with Crippen LogP contribution in [0, 0.1) is 13.8 Å². The molecule has 2 fully saturated rings. The summed E-state index contributed by atoms with van der Waals surface area (Å²) in [5.41, 5.74) is 2.29. The zero-order chi connectivity index (χ0) is 17.3. The molecule has 2 saturated heterocycles. The highest BCUT2D eigenvalue weighted by molar-refractivity contribution is 5.78. The van der Waals surface area contributed by atoms with Crippen LogP contribution in [0.1, 0.15) is 43.7 Å². The van der Waals surface area contributed by atoms with Crippen LogP contribution in [0.4, 0.5) is 0 Å². The first-order valence-corrected chi connectivity index (χ1v) is 9.13. The topological polar surface area (TPSA) is 32.8 Å². The van der Waals surface area contributed by atoms with Crippen molar-refractivity contribution in [2.75, 3.05) is 26.7 Å². The van der Waals surface area contributed by atoms with Gasteiger partial charge < -0.3 is 9.64 Å². The van der Waals surface area contributed by atoms with E-state index in [9.17, 15) is 4.79 Å². The van der Waals surface area contributed by atoms with Crippen molar-refractivity contribution in [3.8, 4) is 5.75 Å². The highest BCUT2D eigenvalue weighted by Gasteiger charge is 2.47. The van der Waals surface area contributed by atoms with E-state index < -0.39 is 0 Å². The van der Waals surface area contributed by atoms with Crippen molar-refractivity contribution in [1.29, 1.82) is 0 Å². The molecule has 1 aromatic rings. The number of hydrogen-bond donors (Lipinski definition) is 0. The van der Waals surface area contributed by atoms with E-state index in [0.717, 1.165) is 49.2 Å². The van der Waals surface area contributed by atoms with E-state index in [0.29, 0.717) is 6.04 Å². The van der Waals surface area contributed by atoms with Gasteiger partial charge in [-0.15, -0.1) is 0 Å². The molecule has 2 atom stereocenters. The summed E-state index contributed by atoms with van der Waals surface area (Å²) in [5.74, 6) is 0.982. The molecule has 0 N–H and O–H groups in total. The first-order valence-electron chi connectivity index (χ1n) is 9.13. The Bertz CT molecular complexity index is 595. The maximum Gasteiger partial charge on any atom is 0.260 e. The molecule has 1 aromatic carbocycles. The third-order valence-electron chi connectivity index (χ3n) is 6.09. The minimum absolute atomic E-state index is 0.116. The lowest BCUT2D eigenvalue weighted by atomic mass is 9.76. The number of rotatable bonds is 3. The number of amides is 1. The fraction of sp³-hybridized carbons (Fsp3) is 0.650. The van der Waals surface area contributed by atoms with Crippen molar-refractivity contribution in [3.63, 3.8) is 0 Å². The summed E-state index contributed by atoms with van der Waals surface area (Å²) in [7, 11) is 2.20. The van der Waals surface area contributed by atoms with Gasteiger partial charge in [0.2, 0.25) is 0 Å². The minimum Gasteiger partial charge on any atom is -0.483 e. The molecule has 0 aliphatic carbocycles. The fourth-order valence-corrected chi connectivity index (χ4v) is 4.50. The van der Waals surface area contributed by atoms with Gasteiger partial charge in [-0.05, 0) is 71.2 Å². The number of likely N-dealkylation sites (tertiary alicyclic amines) is 2. The van der Waals surface area contributed by atoms with Gasteiger partial charge in [-0.2, -0.15) is 0 Å². The standard InChI is InChI=1S/C20H30N2O2/c1-15-8-5-9-16(2)19(15)24-14-18(23)22-13-7-11-20(3)17(22)10-6-12-21(20)4/h5,8-9,17H,6-7,10-14H2,1-4H3/t17-,20-/m0/s1. The highest BCUT2D eigenvalue weighted by atomic mass is 16.5. The number of ether oxygens (including phenoxy) is 1. The fourth-order valence-electron chi connectivity index (χ4n) is 4.50. The number of carbonyl (C=O) groups excluding carboxylic acids is 1. The van der Waals surface area contributed by atoms with Gasteiger partial charge in [0.05, 0.1) is 0 Å². The summed E-state index contributed by atoms with van der Waals surface area (Å²) in [6.45, 7) is 8.52. The van der Waals surface area contributed by atoms with Crippen LogP contribution in [0.3, 0.4) is 0 Å². The second kappa shape index (κ2) is 6.75. The number of aryl methyl sites for hydroxylation is 2.